The Balaban J connectivity index is 1.07. The molecule has 0 radical (unpaired) electrons. The number of carbonyl (C=O) groups excluding carboxylic acids is 2. The van der Waals surface area contributed by atoms with Crippen LogP contribution in [0.2, 0.25) is 0 Å². The average molecular weight is 697 g/mol. The van der Waals surface area contributed by atoms with Gasteiger partial charge in [0.2, 0.25) is 0 Å². The van der Waals surface area contributed by atoms with E-state index in [9.17, 15) is 9.59 Å². The normalized spacial score (nSPS) is 15.8. The van der Waals surface area contributed by atoms with Gasteiger partial charge in [-0.3, -0.25) is 9.59 Å². The van der Waals surface area contributed by atoms with Crippen LogP contribution in [0.5, 0.6) is 23.0 Å². The molecule has 0 bridgehead atoms. The van der Waals surface area contributed by atoms with Gasteiger partial charge < -0.3 is 9.47 Å². The molecule has 0 fully saturated rings. The molecule has 8 rings (SSSR count). The Kier molecular flexibility index (Phi) is 8.25. The minimum absolute atomic E-state index is 0.00523. The maximum Gasteiger partial charge on any atom is 0.193 e. The lowest BCUT2D eigenvalue weighted by Crippen LogP contribution is -2.27. The second-order valence-corrected chi connectivity index (χ2v) is 16.3. The summed E-state index contributed by atoms with van der Waals surface area (Å²) in [6.07, 6.45) is 1.95. The predicted octanol–water partition coefficient (Wildman–Crippen LogP) is 12.0. The number of hydrogen-bond donors (Lipinski definition) is 0. The zero-order chi connectivity index (χ0) is 37.1. The van der Waals surface area contributed by atoms with Crippen LogP contribution < -0.4 is 9.47 Å². The predicted molar refractivity (Wildman–Crippen MR) is 211 cm³/mol. The smallest absolute Gasteiger partial charge is 0.193 e. The van der Waals surface area contributed by atoms with Gasteiger partial charge in [-0.05, 0) is 133 Å². The molecule has 0 saturated carbocycles. The van der Waals surface area contributed by atoms with Crippen molar-refractivity contribution in [3.05, 3.63) is 189 Å². The Labute approximate surface area is 312 Å². The molecule has 6 aromatic carbocycles. The summed E-state index contributed by atoms with van der Waals surface area (Å²) in [5, 5.41) is 0. The minimum Gasteiger partial charge on any atom is -0.457 e. The molecule has 2 aliphatic carbocycles. The summed E-state index contributed by atoms with van der Waals surface area (Å²) < 4.78 is 12.9. The van der Waals surface area contributed by atoms with E-state index in [1.54, 1.807) is 0 Å². The van der Waals surface area contributed by atoms with E-state index in [-0.39, 0.29) is 27.8 Å². The fourth-order valence-electron chi connectivity index (χ4n) is 8.80. The van der Waals surface area contributed by atoms with Crippen LogP contribution in [0.3, 0.4) is 0 Å². The second-order valence-electron chi connectivity index (χ2n) is 16.3. The quantitative estimate of drug-likeness (QED) is 0.149. The molecule has 0 heterocycles. The van der Waals surface area contributed by atoms with Crippen molar-refractivity contribution in [1.29, 1.82) is 0 Å². The topological polar surface area (TPSA) is 52.6 Å². The van der Waals surface area contributed by atoms with E-state index in [4.69, 9.17) is 9.47 Å². The highest BCUT2D eigenvalue weighted by Crippen LogP contribution is 2.63. The standard InChI is InChI=1S/C49H44O4/c1-31-7-11-33(12-8-31)45(50)35-15-19-37(20-16-35)52-39-23-25-41-43(27-39)49(29-47(41,3)4)30-48(5,6)42-26-24-40(28-44(42)49)53-38-21-17-36(18-22-38)46(51)34-13-9-32(2)10-14-34/h7-28H,29-30H2,1-6H3. The van der Waals surface area contributed by atoms with Crippen molar-refractivity contribution in [3.8, 4) is 23.0 Å². The van der Waals surface area contributed by atoms with Crippen LogP contribution in [0.1, 0.15) is 106 Å². The molecule has 0 saturated heterocycles. The molecule has 264 valence electrons. The van der Waals surface area contributed by atoms with Crippen LogP contribution in [-0.4, -0.2) is 11.6 Å². The molecule has 1 spiro atoms. The molecule has 0 atom stereocenters. The second kappa shape index (κ2) is 12.7. The monoisotopic (exact) mass is 696 g/mol. The summed E-state index contributed by atoms with van der Waals surface area (Å²) in [7, 11) is 0. The van der Waals surface area contributed by atoms with Gasteiger partial charge in [-0.2, -0.15) is 0 Å². The molecule has 0 amide bonds. The van der Waals surface area contributed by atoms with Gasteiger partial charge in [0.1, 0.15) is 23.0 Å². The number of benzene rings is 6. The van der Waals surface area contributed by atoms with Crippen molar-refractivity contribution >= 4 is 11.6 Å². The van der Waals surface area contributed by atoms with Crippen LogP contribution >= 0.6 is 0 Å². The van der Waals surface area contributed by atoms with Crippen LogP contribution in [0.15, 0.2) is 133 Å². The number of ketones is 2. The summed E-state index contributed by atoms with van der Waals surface area (Å²) in [5.74, 6) is 2.91. The molecular weight excluding hydrogens is 653 g/mol. The molecule has 0 aromatic heterocycles. The molecular formula is C49H44O4. The third-order valence-electron chi connectivity index (χ3n) is 11.3. The first-order chi connectivity index (χ1) is 25.3. The lowest BCUT2D eigenvalue weighted by molar-refractivity contribution is 0.103. The molecule has 0 aliphatic heterocycles. The number of fused-ring (bicyclic) bond motifs is 4. The van der Waals surface area contributed by atoms with Gasteiger partial charge >= 0.3 is 0 Å². The Morgan fingerprint density at radius 3 is 1.06 bits per heavy atom. The number of ether oxygens (including phenoxy) is 2. The van der Waals surface area contributed by atoms with Crippen molar-refractivity contribution in [2.45, 2.75) is 70.6 Å². The maximum atomic E-state index is 13.1. The zero-order valence-electron chi connectivity index (χ0n) is 31.2. The van der Waals surface area contributed by atoms with E-state index in [1.165, 1.54) is 22.3 Å². The highest BCUT2D eigenvalue weighted by Gasteiger charge is 2.56. The third kappa shape index (κ3) is 6.27. The fourth-order valence-corrected chi connectivity index (χ4v) is 8.80. The van der Waals surface area contributed by atoms with E-state index < -0.39 is 0 Å². The minimum atomic E-state index is -0.217. The Hall–Kier alpha value is -5.74. The summed E-state index contributed by atoms with van der Waals surface area (Å²) in [6.45, 7) is 13.4. The molecule has 0 unspecified atom stereocenters. The SMILES string of the molecule is Cc1ccc(C(=O)c2ccc(Oc3ccc4c(c3)C3(CC4(C)C)CC(C)(C)c4ccc(Oc5ccc(C(=O)c6ccc(C)cc6)cc5)cc43)cc2)cc1. The fraction of sp³-hybridized carbons (Fsp3) is 0.224. The average Bonchev–Trinajstić information content (AvgIpc) is 3.51. The highest BCUT2D eigenvalue weighted by atomic mass is 16.5. The molecule has 4 heteroatoms. The van der Waals surface area contributed by atoms with Crippen molar-refractivity contribution in [2.75, 3.05) is 0 Å². The summed E-state index contributed by atoms with van der Waals surface area (Å²) in [5.41, 5.74) is 9.84. The largest absolute Gasteiger partial charge is 0.457 e. The van der Waals surface area contributed by atoms with Gasteiger partial charge in [-0.25, -0.2) is 0 Å². The zero-order valence-corrected chi connectivity index (χ0v) is 31.2. The van der Waals surface area contributed by atoms with Crippen molar-refractivity contribution < 1.29 is 19.1 Å². The Bertz CT molecular complexity index is 2190. The molecule has 0 N–H and O–H groups in total. The lowest BCUT2D eigenvalue weighted by atomic mass is 9.72. The Morgan fingerprint density at radius 2 is 0.717 bits per heavy atom. The molecule has 4 nitrogen and oxygen atoms in total. The first-order valence-corrected chi connectivity index (χ1v) is 18.4. The van der Waals surface area contributed by atoms with Gasteiger partial charge in [0, 0.05) is 27.7 Å². The Morgan fingerprint density at radius 1 is 0.415 bits per heavy atom. The summed E-state index contributed by atoms with van der Waals surface area (Å²) >= 11 is 0. The van der Waals surface area contributed by atoms with Gasteiger partial charge in [0.25, 0.3) is 0 Å². The van der Waals surface area contributed by atoms with Gasteiger partial charge in [-0.1, -0.05) is 99.5 Å². The van der Waals surface area contributed by atoms with Crippen molar-refractivity contribution in [1.82, 2.24) is 0 Å². The van der Waals surface area contributed by atoms with Gasteiger partial charge in [-0.15, -0.1) is 0 Å². The van der Waals surface area contributed by atoms with E-state index in [2.05, 4.69) is 64.1 Å². The highest BCUT2D eigenvalue weighted by molar-refractivity contribution is 6.09. The van der Waals surface area contributed by atoms with E-state index in [0.717, 1.165) is 35.5 Å². The first-order valence-electron chi connectivity index (χ1n) is 18.4. The van der Waals surface area contributed by atoms with Crippen molar-refractivity contribution in [3.63, 3.8) is 0 Å². The maximum absolute atomic E-state index is 13.1. The van der Waals surface area contributed by atoms with E-state index in [1.807, 2.05) is 111 Å². The van der Waals surface area contributed by atoms with E-state index in [0.29, 0.717) is 33.8 Å². The van der Waals surface area contributed by atoms with Gasteiger partial charge in [0.05, 0.1) is 0 Å². The van der Waals surface area contributed by atoms with Crippen LogP contribution in [-0.2, 0) is 16.2 Å². The van der Waals surface area contributed by atoms with E-state index >= 15 is 0 Å². The summed E-state index contributed by atoms with van der Waals surface area (Å²) in [4.78, 5) is 26.1. The number of aryl methyl sites for hydroxylation is 2. The first kappa shape index (κ1) is 34.4. The lowest BCUT2D eigenvalue weighted by Gasteiger charge is -2.30. The molecule has 2 aliphatic rings. The van der Waals surface area contributed by atoms with Crippen molar-refractivity contribution in [2.24, 2.45) is 0 Å². The van der Waals surface area contributed by atoms with Gasteiger partial charge in [0.15, 0.2) is 11.6 Å². The van der Waals surface area contributed by atoms with Crippen LogP contribution in [0, 0.1) is 13.8 Å². The molecule has 53 heavy (non-hydrogen) atoms. The van der Waals surface area contributed by atoms with Crippen LogP contribution in [0.25, 0.3) is 0 Å². The number of rotatable bonds is 8. The van der Waals surface area contributed by atoms with Crippen LogP contribution in [0.4, 0.5) is 0 Å². The molecule has 6 aromatic rings. The number of carbonyl (C=O) groups is 2. The third-order valence-corrected chi connectivity index (χ3v) is 11.3. The summed E-state index contributed by atoms with van der Waals surface area (Å²) in [6, 6.07) is 43.2. The number of hydrogen-bond acceptors (Lipinski definition) is 4.